The second kappa shape index (κ2) is 9.17. The van der Waals surface area contributed by atoms with Crippen LogP contribution in [-0.2, 0) is 15.8 Å². The zero-order valence-corrected chi connectivity index (χ0v) is 17.4. The quantitative estimate of drug-likeness (QED) is 0.751. The largest absolute Gasteiger partial charge is 0.338 e. The van der Waals surface area contributed by atoms with Gasteiger partial charge >= 0.3 is 6.03 Å². The predicted molar refractivity (Wildman–Crippen MR) is 104 cm³/mol. The lowest BCUT2D eigenvalue weighted by Gasteiger charge is -2.36. The Hall–Kier alpha value is -1.15. The van der Waals surface area contributed by atoms with E-state index in [0.29, 0.717) is 12.3 Å². The molecular formula is C18H34N4O3S. The molecule has 2 aliphatic heterocycles. The number of amides is 3. The summed E-state index contributed by atoms with van der Waals surface area (Å²) in [7, 11) is -0.964. The Balaban J connectivity index is 1.85. The maximum absolute atomic E-state index is 12.3. The first-order valence-electron chi connectivity index (χ1n) is 9.65. The van der Waals surface area contributed by atoms with E-state index in [1.54, 1.807) is 0 Å². The van der Waals surface area contributed by atoms with Gasteiger partial charge in [-0.05, 0) is 38.0 Å². The van der Waals surface area contributed by atoms with Gasteiger partial charge in [0.15, 0.2) is 0 Å². The monoisotopic (exact) mass is 386 g/mol. The van der Waals surface area contributed by atoms with Crippen LogP contribution < -0.4 is 10.6 Å². The Morgan fingerprint density at radius 2 is 1.92 bits per heavy atom. The molecule has 2 heterocycles. The van der Waals surface area contributed by atoms with E-state index in [4.69, 9.17) is 0 Å². The molecule has 2 rings (SSSR count). The number of rotatable bonds is 5. The average molecular weight is 387 g/mol. The maximum atomic E-state index is 12.3. The minimum Gasteiger partial charge on any atom is -0.338 e. The summed E-state index contributed by atoms with van der Waals surface area (Å²) in [5.41, 5.74) is -0.174. The van der Waals surface area contributed by atoms with Crippen molar-refractivity contribution in [3.05, 3.63) is 0 Å². The van der Waals surface area contributed by atoms with Gasteiger partial charge in [-0.15, -0.1) is 0 Å². The smallest absolute Gasteiger partial charge is 0.315 e. The van der Waals surface area contributed by atoms with Crippen molar-refractivity contribution in [2.24, 2.45) is 5.41 Å². The summed E-state index contributed by atoms with van der Waals surface area (Å²) in [6, 6.07) is -0.234. The van der Waals surface area contributed by atoms with Gasteiger partial charge in [-0.2, -0.15) is 0 Å². The molecule has 2 aliphatic rings. The minimum absolute atomic E-state index is 0.0165. The SMILES string of the molecule is C[C@@H]1CCCN1C(=O)CNC(=O)NC(CN1CCCCS1=O)C(C)(C)C. The highest BCUT2D eigenvalue weighted by atomic mass is 32.2. The summed E-state index contributed by atoms with van der Waals surface area (Å²) in [6.07, 6.45) is 4.08. The van der Waals surface area contributed by atoms with E-state index < -0.39 is 11.0 Å². The molecule has 2 fully saturated rings. The van der Waals surface area contributed by atoms with Crippen LogP contribution in [0.5, 0.6) is 0 Å². The Kier molecular flexibility index (Phi) is 7.46. The van der Waals surface area contributed by atoms with E-state index in [0.717, 1.165) is 38.8 Å². The fourth-order valence-electron chi connectivity index (χ4n) is 3.43. The van der Waals surface area contributed by atoms with Crippen LogP contribution in [0.4, 0.5) is 4.79 Å². The molecule has 0 radical (unpaired) electrons. The zero-order valence-electron chi connectivity index (χ0n) is 16.5. The molecule has 0 bridgehead atoms. The van der Waals surface area contributed by atoms with Crippen molar-refractivity contribution >= 4 is 22.9 Å². The van der Waals surface area contributed by atoms with Crippen molar-refractivity contribution in [3.63, 3.8) is 0 Å². The summed E-state index contributed by atoms with van der Waals surface area (Å²) in [5.74, 6) is 0.667. The van der Waals surface area contributed by atoms with Crippen LogP contribution in [0.2, 0.25) is 0 Å². The maximum Gasteiger partial charge on any atom is 0.315 e. The number of nitrogens with zero attached hydrogens (tertiary/aromatic N) is 2. The van der Waals surface area contributed by atoms with Gasteiger partial charge in [0.2, 0.25) is 5.91 Å². The van der Waals surface area contributed by atoms with Crippen LogP contribution in [0.1, 0.15) is 53.4 Å². The predicted octanol–water partition coefficient (Wildman–Crippen LogP) is 1.47. The van der Waals surface area contributed by atoms with Crippen LogP contribution in [0.15, 0.2) is 0 Å². The second-order valence-electron chi connectivity index (χ2n) is 8.44. The number of urea groups is 1. The summed E-state index contributed by atoms with van der Waals surface area (Å²) in [4.78, 5) is 26.4. The number of carbonyl (C=O) groups excluding carboxylic acids is 2. The first-order valence-corrected chi connectivity index (χ1v) is 10.9. The number of carbonyl (C=O) groups is 2. The van der Waals surface area contributed by atoms with E-state index in [1.807, 2.05) is 16.1 Å². The van der Waals surface area contributed by atoms with Crippen molar-refractivity contribution in [2.75, 3.05) is 31.9 Å². The highest BCUT2D eigenvalue weighted by Crippen LogP contribution is 2.22. The third kappa shape index (κ3) is 5.94. The molecule has 3 atom stereocenters. The van der Waals surface area contributed by atoms with Crippen LogP contribution in [0, 0.1) is 5.41 Å². The summed E-state index contributed by atoms with van der Waals surface area (Å²) >= 11 is 0. The Morgan fingerprint density at radius 3 is 2.50 bits per heavy atom. The Bertz CT molecular complexity index is 535. The van der Waals surface area contributed by atoms with Gasteiger partial charge in [-0.3, -0.25) is 4.79 Å². The molecule has 2 unspecified atom stereocenters. The Morgan fingerprint density at radius 1 is 1.19 bits per heavy atom. The second-order valence-corrected chi connectivity index (χ2v) is 10.0. The van der Waals surface area contributed by atoms with E-state index in [-0.39, 0.29) is 36.0 Å². The third-order valence-electron chi connectivity index (χ3n) is 5.27. The first kappa shape index (κ1) is 21.2. The molecule has 150 valence electrons. The van der Waals surface area contributed by atoms with Gasteiger partial charge in [0, 0.05) is 37.5 Å². The molecule has 2 saturated heterocycles. The normalized spacial score (nSPS) is 25.8. The third-order valence-corrected chi connectivity index (χ3v) is 6.82. The van der Waals surface area contributed by atoms with Gasteiger partial charge in [-0.25, -0.2) is 13.3 Å². The van der Waals surface area contributed by atoms with Gasteiger partial charge in [-0.1, -0.05) is 20.8 Å². The van der Waals surface area contributed by atoms with E-state index >= 15 is 0 Å². The van der Waals surface area contributed by atoms with E-state index in [1.165, 1.54) is 0 Å². The van der Waals surface area contributed by atoms with Crippen molar-refractivity contribution in [1.82, 2.24) is 19.8 Å². The zero-order chi connectivity index (χ0) is 19.3. The van der Waals surface area contributed by atoms with Crippen LogP contribution >= 0.6 is 0 Å². The number of likely N-dealkylation sites (tertiary alicyclic amines) is 1. The number of nitrogens with one attached hydrogen (secondary N) is 2. The van der Waals surface area contributed by atoms with Crippen molar-refractivity contribution in [2.45, 2.75) is 65.5 Å². The van der Waals surface area contributed by atoms with Gasteiger partial charge < -0.3 is 15.5 Å². The standard InChI is InChI=1S/C18H34N4O3S/c1-14-8-7-10-22(14)16(23)12-19-17(24)20-15(18(2,3)4)13-21-9-5-6-11-26(21)25/h14-15H,5-13H2,1-4H3,(H2,19,20,24)/t14-,15?,26?/m1/s1. The molecule has 0 aromatic heterocycles. The molecule has 0 aromatic carbocycles. The molecule has 26 heavy (non-hydrogen) atoms. The molecule has 0 spiro atoms. The fourth-order valence-corrected chi connectivity index (χ4v) is 4.79. The molecule has 0 saturated carbocycles. The fraction of sp³-hybridized carbons (Fsp3) is 0.889. The van der Waals surface area contributed by atoms with Crippen LogP contribution in [0.3, 0.4) is 0 Å². The number of hydrogen-bond donors (Lipinski definition) is 2. The molecule has 0 aliphatic carbocycles. The molecular weight excluding hydrogens is 352 g/mol. The van der Waals surface area contributed by atoms with Gasteiger partial charge in [0.25, 0.3) is 0 Å². The van der Waals surface area contributed by atoms with Crippen LogP contribution in [-0.4, -0.2) is 69.4 Å². The van der Waals surface area contributed by atoms with Crippen LogP contribution in [0.25, 0.3) is 0 Å². The lowest BCUT2D eigenvalue weighted by molar-refractivity contribution is -0.130. The first-order chi connectivity index (χ1) is 12.2. The summed E-state index contributed by atoms with van der Waals surface area (Å²) < 4.78 is 14.1. The van der Waals surface area contributed by atoms with Crippen molar-refractivity contribution < 1.29 is 13.8 Å². The molecule has 7 nitrogen and oxygen atoms in total. The average Bonchev–Trinajstić information content (AvgIpc) is 2.99. The minimum atomic E-state index is -0.964. The molecule has 3 amide bonds. The molecule has 8 heteroatoms. The highest BCUT2D eigenvalue weighted by molar-refractivity contribution is 7.82. The summed E-state index contributed by atoms with van der Waals surface area (Å²) in [6.45, 7) is 10.4. The number of hydrogen-bond acceptors (Lipinski definition) is 3. The summed E-state index contributed by atoms with van der Waals surface area (Å²) in [5, 5.41) is 5.68. The van der Waals surface area contributed by atoms with Gasteiger partial charge in [0.1, 0.15) is 0 Å². The lowest BCUT2D eigenvalue weighted by atomic mass is 9.86. The molecule has 2 N–H and O–H groups in total. The highest BCUT2D eigenvalue weighted by Gasteiger charge is 2.31. The lowest BCUT2D eigenvalue weighted by Crippen LogP contribution is -2.55. The van der Waals surface area contributed by atoms with Crippen molar-refractivity contribution in [3.8, 4) is 0 Å². The topological polar surface area (TPSA) is 81.8 Å². The molecule has 0 aromatic rings. The van der Waals surface area contributed by atoms with Gasteiger partial charge in [0.05, 0.1) is 17.5 Å². The van der Waals surface area contributed by atoms with E-state index in [2.05, 4.69) is 31.4 Å². The van der Waals surface area contributed by atoms with E-state index in [9.17, 15) is 13.8 Å². The Labute approximate surface area is 159 Å². The van der Waals surface area contributed by atoms with Crippen molar-refractivity contribution in [1.29, 1.82) is 0 Å².